The maximum atomic E-state index is 11.4. The fraction of sp³-hybridized carbons (Fsp3) is 0.308. The molecule has 0 aliphatic carbocycles. The van der Waals surface area contributed by atoms with E-state index < -0.39 is 16.8 Å². The first-order chi connectivity index (χ1) is 9.06. The highest BCUT2D eigenvalue weighted by molar-refractivity contribution is 7.85. The molecule has 102 valence electrons. The lowest BCUT2D eigenvalue weighted by molar-refractivity contribution is -0.131. The van der Waals surface area contributed by atoms with Gasteiger partial charge in [-0.3, -0.25) is 4.21 Å². The first kappa shape index (κ1) is 14.1. The van der Waals surface area contributed by atoms with E-state index in [-0.39, 0.29) is 0 Å². The standard InChI is InChI=1S/C13H14ClNO3S/c14-11-3-1-10(2-4-13(16)17)12(9-11)15-5-7-19(18)8-6-15/h1-4,9H,5-8H2,(H,16,17)/b4-2+. The van der Waals surface area contributed by atoms with Crippen molar-refractivity contribution in [3.05, 3.63) is 34.9 Å². The lowest BCUT2D eigenvalue weighted by atomic mass is 10.1. The van der Waals surface area contributed by atoms with Crippen molar-refractivity contribution in [2.24, 2.45) is 0 Å². The zero-order chi connectivity index (χ0) is 13.8. The third-order valence-electron chi connectivity index (χ3n) is 2.92. The van der Waals surface area contributed by atoms with Crippen LogP contribution >= 0.6 is 11.6 Å². The van der Waals surface area contributed by atoms with Crippen LogP contribution < -0.4 is 4.90 Å². The van der Waals surface area contributed by atoms with Crippen molar-refractivity contribution in [2.75, 3.05) is 29.5 Å². The van der Waals surface area contributed by atoms with Crippen LogP contribution in [0.4, 0.5) is 5.69 Å². The number of rotatable bonds is 3. The zero-order valence-electron chi connectivity index (χ0n) is 10.2. The maximum Gasteiger partial charge on any atom is 0.328 e. The van der Waals surface area contributed by atoms with Crippen molar-refractivity contribution in [3.8, 4) is 0 Å². The number of carbonyl (C=O) groups is 1. The van der Waals surface area contributed by atoms with Crippen molar-refractivity contribution in [3.63, 3.8) is 0 Å². The summed E-state index contributed by atoms with van der Waals surface area (Å²) in [5, 5.41) is 9.30. The molecule has 0 saturated carbocycles. The van der Waals surface area contributed by atoms with Gasteiger partial charge in [-0.1, -0.05) is 17.7 Å². The highest BCUT2D eigenvalue weighted by Gasteiger charge is 2.17. The lowest BCUT2D eigenvalue weighted by Crippen LogP contribution is -2.38. The minimum Gasteiger partial charge on any atom is -0.478 e. The Morgan fingerprint density at radius 2 is 2.05 bits per heavy atom. The summed E-state index contributed by atoms with van der Waals surface area (Å²) in [5.74, 6) is 0.282. The second-order valence-corrected chi connectivity index (χ2v) is 6.34. The van der Waals surface area contributed by atoms with Crippen LogP contribution in [0.1, 0.15) is 5.56 Å². The van der Waals surface area contributed by atoms with Crippen LogP contribution in [0.3, 0.4) is 0 Å². The quantitative estimate of drug-likeness (QED) is 0.868. The van der Waals surface area contributed by atoms with E-state index in [4.69, 9.17) is 16.7 Å². The predicted molar refractivity (Wildman–Crippen MR) is 78.2 cm³/mol. The molecule has 0 radical (unpaired) electrons. The molecule has 2 rings (SSSR count). The molecule has 1 aliphatic rings. The third kappa shape index (κ3) is 3.81. The Kier molecular flexibility index (Phi) is 4.61. The van der Waals surface area contributed by atoms with Gasteiger partial charge in [-0.05, 0) is 23.8 Å². The van der Waals surface area contributed by atoms with Gasteiger partial charge in [-0.15, -0.1) is 0 Å². The van der Waals surface area contributed by atoms with Gasteiger partial charge in [0.25, 0.3) is 0 Å². The molecule has 6 heteroatoms. The molecule has 4 nitrogen and oxygen atoms in total. The zero-order valence-corrected chi connectivity index (χ0v) is 11.8. The fourth-order valence-corrected chi connectivity index (χ4v) is 3.19. The van der Waals surface area contributed by atoms with Gasteiger partial charge < -0.3 is 10.0 Å². The average Bonchev–Trinajstić information content (AvgIpc) is 2.38. The van der Waals surface area contributed by atoms with Gasteiger partial charge in [0.2, 0.25) is 0 Å². The Hall–Kier alpha value is -1.33. The molecule has 0 atom stereocenters. The summed E-state index contributed by atoms with van der Waals surface area (Å²) in [6, 6.07) is 5.34. The number of hydrogen-bond acceptors (Lipinski definition) is 3. The Morgan fingerprint density at radius 1 is 1.37 bits per heavy atom. The number of aliphatic carboxylic acids is 1. The Labute approximate surface area is 119 Å². The summed E-state index contributed by atoms with van der Waals surface area (Å²) in [4.78, 5) is 12.7. The van der Waals surface area contributed by atoms with E-state index in [1.54, 1.807) is 18.2 Å². The normalized spacial score (nSPS) is 17.0. The Bertz CT molecular complexity index is 535. The van der Waals surface area contributed by atoms with Crippen LogP contribution in [0.15, 0.2) is 24.3 Å². The van der Waals surface area contributed by atoms with E-state index in [1.807, 2.05) is 6.07 Å². The third-order valence-corrected chi connectivity index (χ3v) is 4.43. The van der Waals surface area contributed by atoms with Crippen LogP contribution in [0.25, 0.3) is 6.08 Å². The van der Waals surface area contributed by atoms with Gasteiger partial charge in [0.15, 0.2) is 0 Å². The molecule has 1 fully saturated rings. The highest BCUT2D eigenvalue weighted by atomic mass is 35.5. The van der Waals surface area contributed by atoms with Crippen molar-refractivity contribution >= 4 is 40.1 Å². The maximum absolute atomic E-state index is 11.4. The van der Waals surface area contributed by atoms with Crippen molar-refractivity contribution < 1.29 is 14.1 Å². The average molecular weight is 300 g/mol. The van der Waals surface area contributed by atoms with Crippen molar-refractivity contribution in [1.82, 2.24) is 0 Å². The minimum atomic E-state index is -0.986. The molecular weight excluding hydrogens is 286 g/mol. The summed E-state index contributed by atoms with van der Waals surface area (Å²) >= 11 is 6.00. The SMILES string of the molecule is O=C(O)/C=C/c1ccc(Cl)cc1N1CCS(=O)CC1. The van der Waals surface area contributed by atoms with E-state index in [0.29, 0.717) is 29.6 Å². The molecular formula is C13H14ClNO3S. The lowest BCUT2D eigenvalue weighted by Gasteiger charge is -2.29. The number of halogens is 1. The van der Waals surface area contributed by atoms with Crippen LogP contribution in [0, 0.1) is 0 Å². The van der Waals surface area contributed by atoms with Crippen molar-refractivity contribution in [2.45, 2.75) is 0 Å². The van der Waals surface area contributed by atoms with E-state index in [0.717, 1.165) is 17.3 Å². The molecule has 1 aliphatic heterocycles. The van der Waals surface area contributed by atoms with Crippen LogP contribution in [-0.2, 0) is 15.6 Å². The van der Waals surface area contributed by atoms with E-state index in [1.165, 1.54) is 0 Å². The summed E-state index contributed by atoms with van der Waals surface area (Å²) in [7, 11) is -0.744. The molecule has 1 saturated heterocycles. The molecule has 1 N–H and O–H groups in total. The summed E-state index contributed by atoms with van der Waals surface area (Å²) < 4.78 is 11.4. The summed E-state index contributed by atoms with van der Waals surface area (Å²) in [6.45, 7) is 1.39. The fourth-order valence-electron chi connectivity index (χ4n) is 1.97. The first-order valence-electron chi connectivity index (χ1n) is 5.87. The molecule has 0 spiro atoms. The Balaban J connectivity index is 2.29. The number of anilines is 1. The number of benzene rings is 1. The molecule has 0 unspecified atom stereocenters. The topological polar surface area (TPSA) is 57.6 Å². The molecule has 1 aromatic carbocycles. The van der Waals surface area contributed by atoms with Crippen molar-refractivity contribution in [1.29, 1.82) is 0 Å². The monoisotopic (exact) mass is 299 g/mol. The molecule has 0 bridgehead atoms. The number of nitrogens with zero attached hydrogens (tertiary/aromatic N) is 1. The van der Waals surface area contributed by atoms with E-state index in [9.17, 15) is 9.00 Å². The highest BCUT2D eigenvalue weighted by Crippen LogP contribution is 2.27. The number of carboxylic acids is 1. The van der Waals surface area contributed by atoms with Crippen LogP contribution in [0.2, 0.25) is 5.02 Å². The number of carboxylic acid groups (broad SMARTS) is 1. The van der Waals surface area contributed by atoms with E-state index >= 15 is 0 Å². The van der Waals surface area contributed by atoms with Gasteiger partial charge >= 0.3 is 5.97 Å². The largest absolute Gasteiger partial charge is 0.478 e. The van der Waals surface area contributed by atoms with Gasteiger partial charge in [-0.2, -0.15) is 0 Å². The van der Waals surface area contributed by atoms with Gasteiger partial charge in [0, 0.05) is 52.2 Å². The second-order valence-electron chi connectivity index (χ2n) is 4.21. The Morgan fingerprint density at radius 3 is 2.68 bits per heavy atom. The van der Waals surface area contributed by atoms with Gasteiger partial charge in [0.05, 0.1) is 0 Å². The predicted octanol–water partition coefficient (Wildman–Crippen LogP) is 2.01. The minimum absolute atomic E-state index is 0.606. The molecule has 1 heterocycles. The summed E-state index contributed by atoms with van der Waals surface area (Å²) in [6.07, 6.45) is 2.66. The first-order valence-corrected chi connectivity index (χ1v) is 7.73. The number of hydrogen-bond donors (Lipinski definition) is 1. The molecule has 1 aromatic rings. The van der Waals surface area contributed by atoms with Crippen LogP contribution in [0.5, 0.6) is 0 Å². The molecule has 19 heavy (non-hydrogen) atoms. The smallest absolute Gasteiger partial charge is 0.328 e. The molecule has 0 amide bonds. The molecule has 0 aromatic heterocycles. The second kappa shape index (κ2) is 6.21. The van der Waals surface area contributed by atoms with Gasteiger partial charge in [0.1, 0.15) is 0 Å². The summed E-state index contributed by atoms with van der Waals surface area (Å²) in [5.41, 5.74) is 1.70. The van der Waals surface area contributed by atoms with Crippen LogP contribution in [-0.4, -0.2) is 39.9 Å². The van der Waals surface area contributed by atoms with Gasteiger partial charge in [-0.25, -0.2) is 4.79 Å². The van der Waals surface area contributed by atoms with E-state index in [2.05, 4.69) is 4.90 Å².